The molecule has 0 radical (unpaired) electrons. The van der Waals surface area contributed by atoms with E-state index in [0.29, 0.717) is 17.8 Å². The van der Waals surface area contributed by atoms with E-state index in [0.717, 1.165) is 24.2 Å². The summed E-state index contributed by atoms with van der Waals surface area (Å²) in [6.07, 6.45) is 6.80. The van der Waals surface area contributed by atoms with Gasteiger partial charge in [-0.2, -0.15) is 0 Å². The Hall–Kier alpha value is -2.89. The molecule has 3 aromatic rings. The number of hydrogen-bond donors (Lipinski definition) is 0. The Labute approximate surface area is 139 Å². The first kappa shape index (κ1) is 14.7. The Morgan fingerprint density at radius 2 is 2.00 bits per heavy atom. The van der Waals surface area contributed by atoms with Gasteiger partial charge in [0.15, 0.2) is 0 Å². The summed E-state index contributed by atoms with van der Waals surface area (Å²) < 4.78 is 5.37. The molecule has 4 heterocycles. The Morgan fingerprint density at radius 1 is 1.17 bits per heavy atom. The maximum Gasteiger partial charge on any atom is 0.273 e. The number of furan rings is 1. The zero-order chi connectivity index (χ0) is 16.5. The molecule has 1 fully saturated rings. The van der Waals surface area contributed by atoms with Crippen molar-refractivity contribution in [1.29, 1.82) is 0 Å². The topological polar surface area (TPSA) is 62.5 Å². The maximum absolute atomic E-state index is 13.0. The molecule has 0 spiro atoms. The van der Waals surface area contributed by atoms with Crippen LogP contribution in [0.15, 0.2) is 53.5 Å². The highest BCUT2D eigenvalue weighted by molar-refractivity contribution is 6.04. The lowest BCUT2D eigenvalue weighted by Crippen LogP contribution is -2.54. The summed E-state index contributed by atoms with van der Waals surface area (Å²) in [5.74, 6) is -0.0381. The lowest BCUT2D eigenvalue weighted by molar-refractivity contribution is 0.0670. The van der Waals surface area contributed by atoms with E-state index in [1.54, 1.807) is 37.0 Å². The zero-order valence-corrected chi connectivity index (χ0v) is 13.4. The SMILES string of the molecule is CC1CN(c2ccncc2)CCN1C(=O)c1nccc2occc12. The number of amides is 1. The molecule has 122 valence electrons. The average Bonchev–Trinajstić information content (AvgIpc) is 3.10. The third kappa shape index (κ3) is 2.50. The summed E-state index contributed by atoms with van der Waals surface area (Å²) in [7, 11) is 0. The van der Waals surface area contributed by atoms with Gasteiger partial charge in [0.25, 0.3) is 5.91 Å². The van der Waals surface area contributed by atoms with E-state index >= 15 is 0 Å². The molecule has 0 bridgehead atoms. The molecule has 3 aromatic heterocycles. The molecule has 1 amide bonds. The molecular weight excluding hydrogens is 304 g/mol. The predicted octanol–water partition coefficient (Wildman–Crippen LogP) is 2.57. The number of pyridine rings is 2. The molecule has 4 rings (SSSR count). The molecule has 6 nitrogen and oxygen atoms in total. The molecule has 0 aromatic carbocycles. The smallest absolute Gasteiger partial charge is 0.273 e. The van der Waals surface area contributed by atoms with Gasteiger partial charge in [0.1, 0.15) is 11.3 Å². The molecule has 6 heteroatoms. The van der Waals surface area contributed by atoms with Gasteiger partial charge in [-0.15, -0.1) is 0 Å². The van der Waals surface area contributed by atoms with Crippen molar-refractivity contribution in [2.45, 2.75) is 13.0 Å². The van der Waals surface area contributed by atoms with Crippen LogP contribution in [0.4, 0.5) is 5.69 Å². The minimum Gasteiger partial charge on any atom is -0.464 e. The predicted molar refractivity (Wildman–Crippen MR) is 91.0 cm³/mol. The molecule has 0 aliphatic carbocycles. The molecule has 1 aliphatic rings. The third-order valence-electron chi connectivity index (χ3n) is 4.50. The van der Waals surface area contributed by atoms with Gasteiger partial charge in [0.05, 0.1) is 11.6 Å². The van der Waals surface area contributed by atoms with Gasteiger partial charge >= 0.3 is 0 Å². The van der Waals surface area contributed by atoms with Gasteiger partial charge in [0.2, 0.25) is 0 Å². The normalized spacial score (nSPS) is 18.1. The van der Waals surface area contributed by atoms with Crippen LogP contribution in [0.3, 0.4) is 0 Å². The first-order valence-electron chi connectivity index (χ1n) is 8.02. The molecule has 1 saturated heterocycles. The lowest BCUT2D eigenvalue weighted by atomic mass is 10.1. The van der Waals surface area contributed by atoms with Gasteiger partial charge in [-0.1, -0.05) is 0 Å². The lowest BCUT2D eigenvalue weighted by Gasteiger charge is -2.40. The van der Waals surface area contributed by atoms with E-state index in [4.69, 9.17) is 4.42 Å². The van der Waals surface area contributed by atoms with Crippen LogP contribution in [0, 0.1) is 0 Å². The van der Waals surface area contributed by atoms with Gasteiger partial charge in [0, 0.05) is 50.0 Å². The fraction of sp³-hybridized carbons (Fsp3) is 0.278. The molecule has 1 unspecified atom stereocenters. The van der Waals surface area contributed by atoms with Crippen LogP contribution in [0.1, 0.15) is 17.4 Å². The standard InChI is InChI=1S/C18H18N4O2/c1-13-12-21(14-2-6-19-7-3-14)9-10-22(13)18(23)17-15-5-11-24-16(15)4-8-20-17/h2-8,11,13H,9-10,12H2,1H3. The second kappa shape index (κ2) is 5.96. The molecule has 0 saturated carbocycles. The number of hydrogen-bond acceptors (Lipinski definition) is 5. The summed E-state index contributed by atoms with van der Waals surface area (Å²) in [6.45, 7) is 4.32. The van der Waals surface area contributed by atoms with Crippen molar-refractivity contribution in [2.75, 3.05) is 24.5 Å². The van der Waals surface area contributed by atoms with Gasteiger partial charge < -0.3 is 14.2 Å². The Kier molecular flexibility index (Phi) is 3.65. The fourth-order valence-corrected chi connectivity index (χ4v) is 3.25. The van der Waals surface area contributed by atoms with Crippen LogP contribution < -0.4 is 4.90 Å². The molecule has 0 N–H and O–H groups in total. The van der Waals surface area contributed by atoms with Crippen molar-refractivity contribution < 1.29 is 9.21 Å². The number of carbonyl (C=O) groups is 1. The highest BCUT2D eigenvalue weighted by atomic mass is 16.3. The van der Waals surface area contributed by atoms with Gasteiger partial charge in [-0.3, -0.25) is 14.8 Å². The largest absolute Gasteiger partial charge is 0.464 e. The fourth-order valence-electron chi connectivity index (χ4n) is 3.25. The number of rotatable bonds is 2. The van der Waals surface area contributed by atoms with E-state index in [-0.39, 0.29) is 11.9 Å². The summed E-state index contributed by atoms with van der Waals surface area (Å²) >= 11 is 0. The molecule has 1 atom stereocenters. The first-order valence-corrected chi connectivity index (χ1v) is 8.02. The van der Waals surface area contributed by atoms with Crippen LogP contribution in [-0.4, -0.2) is 46.5 Å². The first-order chi connectivity index (χ1) is 11.7. The van der Waals surface area contributed by atoms with Crippen LogP contribution in [-0.2, 0) is 0 Å². The minimum atomic E-state index is -0.0381. The van der Waals surface area contributed by atoms with Crippen LogP contribution in [0.25, 0.3) is 11.0 Å². The minimum absolute atomic E-state index is 0.0381. The third-order valence-corrected chi connectivity index (χ3v) is 4.50. The Bertz CT molecular complexity index is 862. The maximum atomic E-state index is 13.0. The summed E-state index contributed by atoms with van der Waals surface area (Å²) in [6, 6.07) is 7.67. The monoisotopic (exact) mass is 322 g/mol. The number of piperazine rings is 1. The highest BCUT2D eigenvalue weighted by Crippen LogP contribution is 2.23. The van der Waals surface area contributed by atoms with Crippen molar-refractivity contribution in [3.63, 3.8) is 0 Å². The van der Waals surface area contributed by atoms with E-state index in [9.17, 15) is 4.79 Å². The van der Waals surface area contributed by atoms with Crippen molar-refractivity contribution >= 4 is 22.6 Å². The van der Waals surface area contributed by atoms with Crippen molar-refractivity contribution in [1.82, 2.24) is 14.9 Å². The zero-order valence-electron chi connectivity index (χ0n) is 13.4. The highest BCUT2D eigenvalue weighted by Gasteiger charge is 2.30. The van der Waals surface area contributed by atoms with Crippen LogP contribution in [0.2, 0.25) is 0 Å². The number of anilines is 1. The van der Waals surface area contributed by atoms with Gasteiger partial charge in [-0.25, -0.2) is 0 Å². The average molecular weight is 322 g/mol. The van der Waals surface area contributed by atoms with E-state index in [1.807, 2.05) is 17.0 Å². The van der Waals surface area contributed by atoms with E-state index in [1.165, 1.54) is 0 Å². The molecule has 1 aliphatic heterocycles. The Morgan fingerprint density at radius 3 is 2.79 bits per heavy atom. The number of nitrogens with zero attached hydrogens (tertiary/aromatic N) is 4. The van der Waals surface area contributed by atoms with Crippen LogP contribution in [0.5, 0.6) is 0 Å². The number of fused-ring (bicyclic) bond motifs is 1. The van der Waals surface area contributed by atoms with Crippen LogP contribution >= 0.6 is 0 Å². The summed E-state index contributed by atoms with van der Waals surface area (Å²) in [5.41, 5.74) is 2.29. The van der Waals surface area contributed by atoms with Gasteiger partial charge in [-0.05, 0) is 31.2 Å². The molecule has 24 heavy (non-hydrogen) atoms. The number of aromatic nitrogens is 2. The Balaban J connectivity index is 1.55. The van der Waals surface area contributed by atoms with Crippen molar-refractivity contribution in [2.24, 2.45) is 0 Å². The van der Waals surface area contributed by atoms with Crippen molar-refractivity contribution in [3.05, 3.63) is 54.8 Å². The molecular formula is C18H18N4O2. The van der Waals surface area contributed by atoms with Crippen molar-refractivity contribution in [3.8, 4) is 0 Å². The second-order valence-corrected chi connectivity index (χ2v) is 5.99. The van der Waals surface area contributed by atoms with E-state index < -0.39 is 0 Å². The number of carbonyl (C=O) groups excluding carboxylic acids is 1. The second-order valence-electron chi connectivity index (χ2n) is 5.99. The summed E-state index contributed by atoms with van der Waals surface area (Å²) in [4.78, 5) is 25.5. The summed E-state index contributed by atoms with van der Waals surface area (Å²) in [5, 5.41) is 0.770. The van der Waals surface area contributed by atoms with E-state index in [2.05, 4.69) is 21.8 Å². The quantitative estimate of drug-likeness (QED) is 0.725.